The summed E-state index contributed by atoms with van der Waals surface area (Å²) in [4.78, 5) is 22.6. The topological polar surface area (TPSA) is 78.4 Å². The number of hydrogen-bond acceptors (Lipinski definition) is 2. The summed E-state index contributed by atoms with van der Waals surface area (Å²) < 4.78 is 0. The molecule has 0 radical (unpaired) electrons. The fourth-order valence-corrected chi connectivity index (χ4v) is 1.22. The van der Waals surface area contributed by atoms with Crippen molar-refractivity contribution in [3.63, 3.8) is 0 Å². The minimum Gasteiger partial charge on any atom is -0.481 e. The largest absolute Gasteiger partial charge is 0.481 e. The number of carbonyl (C=O) groups excluding carboxylic acids is 1. The lowest BCUT2D eigenvalue weighted by Gasteiger charge is -2.24. The first-order chi connectivity index (χ1) is 8.26. The molecule has 5 nitrogen and oxygen atoms in total. The monoisotopic (exact) mass is 254 g/mol. The molecule has 0 aliphatic heterocycles. The lowest BCUT2D eigenvalue weighted by atomic mass is 9.88. The molecule has 2 unspecified atom stereocenters. The molecule has 3 N–H and O–H groups in total. The van der Waals surface area contributed by atoms with E-state index in [1.54, 1.807) is 13.8 Å². The van der Waals surface area contributed by atoms with Gasteiger partial charge in [-0.3, -0.25) is 4.79 Å². The van der Waals surface area contributed by atoms with Crippen LogP contribution in [0, 0.1) is 23.7 Å². The highest BCUT2D eigenvalue weighted by atomic mass is 16.4. The Balaban J connectivity index is 4.35. The van der Waals surface area contributed by atoms with Crippen LogP contribution in [0.1, 0.15) is 34.1 Å². The van der Waals surface area contributed by atoms with Crippen molar-refractivity contribution in [2.75, 3.05) is 6.54 Å². The summed E-state index contributed by atoms with van der Waals surface area (Å²) in [7, 11) is 0. The summed E-state index contributed by atoms with van der Waals surface area (Å²) in [6.45, 7) is 7.24. The highest BCUT2D eigenvalue weighted by molar-refractivity contribution is 5.78. The molecule has 0 saturated carbocycles. The minimum atomic E-state index is -0.958. The zero-order chi connectivity index (χ0) is 14.3. The molecule has 0 bridgehead atoms. The molecule has 2 atom stereocenters. The third kappa shape index (κ3) is 4.66. The Morgan fingerprint density at radius 2 is 2.00 bits per heavy atom. The van der Waals surface area contributed by atoms with Crippen LogP contribution in [-0.4, -0.2) is 29.7 Å². The fourth-order valence-electron chi connectivity index (χ4n) is 1.22. The first-order valence-electron chi connectivity index (χ1n) is 6.00. The Hall–Kier alpha value is -1.70. The van der Waals surface area contributed by atoms with E-state index >= 15 is 0 Å². The van der Waals surface area contributed by atoms with Crippen LogP contribution in [-0.2, 0) is 4.79 Å². The van der Waals surface area contributed by atoms with Gasteiger partial charge in [0.2, 0.25) is 0 Å². The van der Waals surface area contributed by atoms with Crippen molar-refractivity contribution >= 4 is 12.0 Å². The van der Waals surface area contributed by atoms with Gasteiger partial charge in [-0.15, -0.1) is 6.42 Å². The molecule has 0 spiro atoms. The van der Waals surface area contributed by atoms with Gasteiger partial charge in [-0.05, 0) is 19.3 Å². The average molecular weight is 254 g/mol. The number of urea groups is 1. The highest BCUT2D eigenvalue weighted by Gasteiger charge is 2.31. The van der Waals surface area contributed by atoms with Crippen molar-refractivity contribution in [3.05, 3.63) is 0 Å². The normalized spacial score (nSPS) is 15.3. The van der Waals surface area contributed by atoms with Crippen LogP contribution in [0.15, 0.2) is 0 Å². The van der Waals surface area contributed by atoms with E-state index < -0.39 is 17.4 Å². The number of carboxylic acid groups (broad SMARTS) is 1. The molecule has 2 amide bonds. The maximum absolute atomic E-state index is 11.6. The van der Waals surface area contributed by atoms with Crippen LogP contribution < -0.4 is 10.6 Å². The molecule has 0 fully saturated rings. The molecule has 0 heterocycles. The van der Waals surface area contributed by atoms with Crippen molar-refractivity contribution in [3.8, 4) is 12.3 Å². The van der Waals surface area contributed by atoms with E-state index in [4.69, 9.17) is 11.5 Å². The lowest BCUT2D eigenvalue weighted by molar-refractivity contribution is -0.147. The van der Waals surface area contributed by atoms with E-state index in [-0.39, 0.29) is 18.5 Å². The van der Waals surface area contributed by atoms with Gasteiger partial charge in [0, 0.05) is 6.54 Å². The van der Waals surface area contributed by atoms with E-state index in [0.717, 1.165) is 0 Å². The predicted octanol–water partition coefficient (Wildman–Crippen LogP) is 1.44. The Kier molecular flexibility index (Phi) is 6.24. The molecule has 0 aliphatic carbocycles. The third-order valence-corrected chi connectivity index (χ3v) is 3.07. The second kappa shape index (κ2) is 6.90. The summed E-state index contributed by atoms with van der Waals surface area (Å²) in [5.41, 5.74) is -0.958. The zero-order valence-electron chi connectivity index (χ0n) is 11.4. The second-order valence-corrected chi connectivity index (χ2v) is 4.93. The molecular weight excluding hydrogens is 232 g/mol. The van der Waals surface area contributed by atoms with Crippen molar-refractivity contribution in [1.29, 1.82) is 0 Å². The van der Waals surface area contributed by atoms with Crippen LogP contribution in [0.25, 0.3) is 0 Å². The SMILES string of the molecule is C#CC(NC(=O)NCC(C)(CC)C(=O)O)C(C)C. The quantitative estimate of drug-likeness (QED) is 0.628. The van der Waals surface area contributed by atoms with Crippen LogP contribution >= 0.6 is 0 Å². The summed E-state index contributed by atoms with van der Waals surface area (Å²) >= 11 is 0. The van der Waals surface area contributed by atoms with Gasteiger partial charge in [0.1, 0.15) is 0 Å². The lowest BCUT2D eigenvalue weighted by Crippen LogP contribution is -2.48. The van der Waals surface area contributed by atoms with Crippen molar-refractivity contribution < 1.29 is 14.7 Å². The van der Waals surface area contributed by atoms with Gasteiger partial charge < -0.3 is 15.7 Å². The summed E-state index contributed by atoms with van der Waals surface area (Å²) in [5.74, 6) is 1.67. The Morgan fingerprint density at radius 3 is 2.33 bits per heavy atom. The second-order valence-electron chi connectivity index (χ2n) is 4.93. The first kappa shape index (κ1) is 16.3. The number of aliphatic carboxylic acids is 1. The predicted molar refractivity (Wildman–Crippen MR) is 70.0 cm³/mol. The smallest absolute Gasteiger partial charge is 0.315 e. The molecule has 102 valence electrons. The number of nitrogens with one attached hydrogen (secondary N) is 2. The van der Waals surface area contributed by atoms with Gasteiger partial charge in [0.05, 0.1) is 11.5 Å². The Labute approximate surface area is 108 Å². The molecule has 0 aliphatic rings. The number of amides is 2. The van der Waals surface area contributed by atoms with E-state index in [1.165, 1.54) is 0 Å². The van der Waals surface area contributed by atoms with Gasteiger partial charge >= 0.3 is 12.0 Å². The highest BCUT2D eigenvalue weighted by Crippen LogP contribution is 2.19. The van der Waals surface area contributed by atoms with Crippen LogP contribution in [0.4, 0.5) is 4.79 Å². The molecule has 0 saturated heterocycles. The molecular formula is C13H22N2O3. The summed E-state index contributed by atoms with van der Waals surface area (Å²) in [6.07, 6.45) is 5.73. The zero-order valence-corrected chi connectivity index (χ0v) is 11.4. The molecule has 5 heteroatoms. The third-order valence-electron chi connectivity index (χ3n) is 3.07. The molecule has 0 aromatic heterocycles. The van der Waals surface area contributed by atoms with Crippen LogP contribution in [0.3, 0.4) is 0 Å². The average Bonchev–Trinajstić information content (AvgIpc) is 2.32. The van der Waals surface area contributed by atoms with Crippen molar-refractivity contribution in [2.24, 2.45) is 11.3 Å². The maximum atomic E-state index is 11.6. The molecule has 18 heavy (non-hydrogen) atoms. The van der Waals surface area contributed by atoms with E-state index in [2.05, 4.69) is 16.6 Å². The van der Waals surface area contributed by atoms with Gasteiger partial charge in [-0.2, -0.15) is 0 Å². The number of rotatable bonds is 6. The minimum absolute atomic E-state index is 0.0695. The van der Waals surface area contributed by atoms with E-state index in [0.29, 0.717) is 6.42 Å². The number of carbonyl (C=O) groups is 2. The number of hydrogen-bond donors (Lipinski definition) is 3. The maximum Gasteiger partial charge on any atom is 0.315 e. The van der Waals surface area contributed by atoms with Crippen LogP contribution in [0.2, 0.25) is 0 Å². The van der Waals surface area contributed by atoms with E-state index in [9.17, 15) is 9.59 Å². The van der Waals surface area contributed by atoms with Gasteiger partial charge in [-0.1, -0.05) is 26.7 Å². The summed E-state index contributed by atoms with van der Waals surface area (Å²) in [5, 5.41) is 14.2. The number of terminal acetylenes is 1. The molecule has 0 aromatic carbocycles. The standard InChI is InChI=1S/C13H22N2O3/c1-6-10(9(3)4)15-12(18)14-8-13(5,7-2)11(16)17/h1,9-10H,7-8H2,2-5H3,(H,16,17)(H2,14,15,18). The molecule has 0 rings (SSSR count). The first-order valence-corrected chi connectivity index (χ1v) is 6.00. The number of carboxylic acids is 1. The van der Waals surface area contributed by atoms with Gasteiger partial charge in [0.15, 0.2) is 0 Å². The van der Waals surface area contributed by atoms with Crippen molar-refractivity contribution in [1.82, 2.24) is 10.6 Å². The Morgan fingerprint density at radius 1 is 1.44 bits per heavy atom. The Bertz CT molecular complexity index is 347. The van der Waals surface area contributed by atoms with Crippen LogP contribution in [0.5, 0.6) is 0 Å². The van der Waals surface area contributed by atoms with Gasteiger partial charge in [-0.25, -0.2) is 4.79 Å². The van der Waals surface area contributed by atoms with E-state index in [1.807, 2.05) is 13.8 Å². The van der Waals surface area contributed by atoms with Crippen molar-refractivity contribution in [2.45, 2.75) is 40.2 Å². The summed E-state index contributed by atoms with van der Waals surface area (Å²) in [6, 6.07) is -0.796. The fraction of sp³-hybridized carbons (Fsp3) is 0.692. The molecule has 0 aromatic rings. The van der Waals surface area contributed by atoms with Gasteiger partial charge in [0.25, 0.3) is 0 Å².